The first-order valence-electron chi connectivity index (χ1n) is 6.55. The minimum atomic E-state index is -4.59. The van der Waals surface area contributed by atoms with Gasteiger partial charge in [0.1, 0.15) is 10.1 Å². The van der Waals surface area contributed by atoms with Gasteiger partial charge >= 0.3 is 29.6 Å². The van der Waals surface area contributed by atoms with Crippen LogP contribution in [0.15, 0.2) is 29.2 Å². The van der Waals surface area contributed by atoms with Crippen LogP contribution in [0.25, 0.3) is 0 Å². The number of benzene rings is 1. The molecule has 0 aliphatic rings. The number of carbonyl (C=O) groups is 1. The molecule has 4 nitrogen and oxygen atoms in total. The molecule has 1 aromatic carbocycles. The molecule has 0 bridgehead atoms. The molecular weight excluding hydrogens is 287 g/mol. The topological polar surface area (TPSA) is 74.3 Å². The van der Waals surface area contributed by atoms with E-state index in [0.717, 1.165) is 32.1 Å². The van der Waals surface area contributed by atoms with E-state index in [1.165, 1.54) is 18.2 Å². The van der Waals surface area contributed by atoms with Crippen LogP contribution in [0.3, 0.4) is 0 Å². The van der Waals surface area contributed by atoms with Gasteiger partial charge in [0, 0.05) is 12.0 Å². The van der Waals surface area contributed by atoms with Crippen molar-refractivity contribution in [3.05, 3.63) is 29.8 Å². The second kappa shape index (κ2) is 9.68. The zero-order chi connectivity index (χ0) is 14.3. The van der Waals surface area contributed by atoms with Crippen molar-refractivity contribution in [2.75, 3.05) is 0 Å². The van der Waals surface area contributed by atoms with Crippen molar-refractivity contribution in [3.8, 4) is 0 Å². The van der Waals surface area contributed by atoms with Gasteiger partial charge in [-0.25, -0.2) is 8.42 Å². The number of ketones is 1. The molecular formula is C14H19NaO4S. The Kier molecular flexibility index (Phi) is 9.59. The van der Waals surface area contributed by atoms with Gasteiger partial charge in [0.05, 0.1) is 4.90 Å². The Bertz CT molecular complexity index is 526. The fourth-order valence-electron chi connectivity index (χ4n) is 1.94. The molecule has 0 aliphatic carbocycles. The molecule has 1 rings (SSSR count). The standard InChI is InChI=1S/C14H20O4S.Na/c1-2-3-4-5-6-10-13(15)12-9-7-8-11-14(12)19(16,17)18;/h7-9,11H,2-6,10H2,1H3,(H,16,17,18);/q;+1/p-1. The predicted molar refractivity (Wildman–Crippen MR) is 72.1 cm³/mol. The van der Waals surface area contributed by atoms with Crippen molar-refractivity contribution in [1.82, 2.24) is 0 Å². The fourth-order valence-corrected chi connectivity index (χ4v) is 2.64. The Morgan fingerprint density at radius 1 is 1.10 bits per heavy atom. The molecule has 0 radical (unpaired) electrons. The van der Waals surface area contributed by atoms with Gasteiger partial charge in [-0.3, -0.25) is 4.79 Å². The summed E-state index contributed by atoms with van der Waals surface area (Å²) in [7, 11) is -4.59. The molecule has 0 spiro atoms. The van der Waals surface area contributed by atoms with Crippen LogP contribution >= 0.6 is 0 Å². The number of Topliss-reactive ketones (excluding diaryl/α,β-unsaturated/α-hetero) is 1. The van der Waals surface area contributed by atoms with E-state index >= 15 is 0 Å². The first kappa shape index (κ1) is 19.8. The summed E-state index contributed by atoms with van der Waals surface area (Å²) in [6, 6.07) is 5.60. The molecule has 0 atom stereocenters. The molecule has 0 heterocycles. The largest absolute Gasteiger partial charge is 1.00 e. The number of unbranched alkanes of at least 4 members (excludes halogenated alkanes) is 4. The third kappa shape index (κ3) is 6.50. The van der Waals surface area contributed by atoms with Crippen LogP contribution in [0.5, 0.6) is 0 Å². The monoisotopic (exact) mass is 306 g/mol. The van der Waals surface area contributed by atoms with E-state index in [2.05, 4.69) is 6.92 Å². The van der Waals surface area contributed by atoms with Crippen LogP contribution in [0.2, 0.25) is 0 Å². The van der Waals surface area contributed by atoms with E-state index in [1.54, 1.807) is 6.07 Å². The maximum atomic E-state index is 11.9. The maximum Gasteiger partial charge on any atom is 1.00 e. The van der Waals surface area contributed by atoms with Gasteiger partial charge in [-0.05, 0) is 12.5 Å². The molecule has 0 saturated carbocycles. The molecule has 0 saturated heterocycles. The van der Waals surface area contributed by atoms with Crippen LogP contribution in [-0.2, 0) is 10.1 Å². The van der Waals surface area contributed by atoms with E-state index in [4.69, 9.17) is 0 Å². The molecule has 20 heavy (non-hydrogen) atoms. The van der Waals surface area contributed by atoms with E-state index in [1.807, 2.05) is 0 Å². The Hall–Kier alpha value is -0.200. The number of rotatable bonds is 8. The molecule has 1 aromatic rings. The molecule has 6 heteroatoms. The quantitative estimate of drug-likeness (QED) is 0.296. The second-order valence-electron chi connectivity index (χ2n) is 4.54. The third-order valence-electron chi connectivity index (χ3n) is 2.96. The Labute approximate surface area is 143 Å². The molecule has 106 valence electrons. The average Bonchev–Trinajstić information content (AvgIpc) is 2.37. The van der Waals surface area contributed by atoms with Crippen LogP contribution in [0.1, 0.15) is 55.8 Å². The van der Waals surface area contributed by atoms with E-state index in [9.17, 15) is 17.8 Å². The number of hydrogen-bond donors (Lipinski definition) is 0. The Morgan fingerprint density at radius 3 is 2.30 bits per heavy atom. The molecule has 0 fully saturated rings. The summed E-state index contributed by atoms with van der Waals surface area (Å²) in [6.07, 6.45) is 5.31. The molecule has 0 unspecified atom stereocenters. The Balaban J connectivity index is 0.00000361. The summed E-state index contributed by atoms with van der Waals surface area (Å²) in [6.45, 7) is 2.11. The average molecular weight is 306 g/mol. The van der Waals surface area contributed by atoms with Crippen molar-refractivity contribution in [3.63, 3.8) is 0 Å². The summed E-state index contributed by atoms with van der Waals surface area (Å²) in [5, 5.41) is 0. The van der Waals surface area contributed by atoms with Gasteiger partial charge in [-0.2, -0.15) is 0 Å². The molecule has 0 N–H and O–H groups in total. The first-order chi connectivity index (χ1) is 8.96. The van der Waals surface area contributed by atoms with Crippen LogP contribution in [-0.4, -0.2) is 18.8 Å². The molecule has 0 amide bonds. The maximum absolute atomic E-state index is 11.9. The van der Waals surface area contributed by atoms with Gasteiger partial charge in [-0.15, -0.1) is 0 Å². The van der Waals surface area contributed by atoms with Gasteiger partial charge in [0.25, 0.3) is 0 Å². The molecule has 0 aromatic heterocycles. The van der Waals surface area contributed by atoms with Crippen LogP contribution in [0.4, 0.5) is 0 Å². The van der Waals surface area contributed by atoms with Crippen LogP contribution < -0.4 is 29.6 Å². The molecule has 0 aliphatic heterocycles. The predicted octanol–water partition coefficient (Wildman–Crippen LogP) is 0.138. The summed E-state index contributed by atoms with van der Waals surface area (Å²) in [4.78, 5) is 11.5. The zero-order valence-electron chi connectivity index (χ0n) is 12.1. The van der Waals surface area contributed by atoms with E-state index in [-0.39, 0.29) is 47.3 Å². The minimum absolute atomic E-state index is 0. The third-order valence-corrected chi connectivity index (χ3v) is 3.86. The van der Waals surface area contributed by atoms with Gasteiger partial charge in [-0.1, -0.05) is 50.8 Å². The van der Waals surface area contributed by atoms with Crippen molar-refractivity contribution >= 4 is 15.9 Å². The fraction of sp³-hybridized carbons (Fsp3) is 0.500. The van der Waals surface area contributed by atoms with Crippen LogP contribution in [0, 0.1) is 0 Å². The number of carbonyl (C=O) groups excluding carboxylic acids is 1. The zero-order valence-corrected chi connectivity index (χ0v) is 14.9. The summed E-state index contributed by atoms with van der Waals surface area (Å²) >= 11 is 0. The first-order valence-corrected chi connectivity index (χ1v) is 7.95. The second-order valence-corrected chi connectivity index (χ2v) is 5.89. The normalized spacial score (nSPS) is 10.9. The smallest absolute Gasteiger partial charge is 0.744 e. The van der Waals surface area contributed by atoms with Crippen molar-refractivity contribution in [2.24, 2.45) is 0 Å². The SMILES string of the molecule is CCCCCCCC(=O)c1ccccc1S(=O)(=O)[O-].[Na+]. The Morgan fingerprint density at radius 2 is 1.70 bits per heavy atom. The van der Waals surface area contributed by atoms with E-state index < -0.39 is 15.0 Å². The van der Waals surface area contributed by atoms with Crippen molar-refractivity contribution in [2.45, 2.75) is 50.3 Å². The van der Waals surface area contributed by atoms with Gasteiger partial charge in [0.2, 0.25) is 0 Å². The van der Waals surface area contributed by atoms with Crippen molar-refractivity contribution in [1.29, 1.82) is 0 Å². The van der Waals surface area contributed by atoms with E-state index in [0.29, 0.717) is 0 Å². The summed E-state index contributed by atoms with van der Waals surface area (Å²) < 4.78 is 33.2. The number of hydrogen-bond acceptors (Lipinski definition) is 4. The van der Waals surface area contributed by atoms with Crippen molar-refractivity contribution < 1.29 is 47.3 Å². The summed E-state index contributed by atoms with van der Waals surface area (Å²) in [5.41, 5.74) is 0.0213. The van der Waals surface area contributed by atoms with Gasteiger partial charge in [0.15, 0.2) is 5.78 Å². The summed E-state index contributed by atoms with van der Waals surface area (Å²) in [5.74, 6) is -0.272. The minimum Gasteiger partial charge on any atom is -0.744 e. The van der Waals surface area contributed by atoms with Gasteiger partial charge < -0.3 is 4.55 Å².